The van der Waals surface area contributed by atoms with Crippen molar-refractivity contribution in [3.05, 3.63) is 41.2 Å². The van der Waals surface area contributed by atoms with E-state index in [1.807, 2.05) is 38.1 Å². The van der Waals surface area contributed by atoms with E-state index in [1.54, 1.807) is 4.68 Å². The average Bonchev–Trinajstić information content (AvgIpc) is 2.93. The largest absolute Gasteiger partial charge is 0.481 e. The topological polar surface area (TPSA) is 97.1 Å². The van der Waals surface area contributed by atoms with Crippen LogP contribution in [0.25, 0.3) is 5.69 Å². The van der Waals surface area contributed by atoms with Gasteiger partial charge in [-0.15, -0.1) is 5.10 Å². The van der Waals surface area contributed by atoms with Crippen molar-refractivity contribution in [1.29, 1.82) is 0 Å². The van der Waals surface area contributed by atoms with Gasteiger partial charge in [0.2, 0.25) is 0 Å². The van der Waals surface area contributed by atoms with Crippen molar-refractivity contribution < 1.29 is 14.7 Å². The summed E-state index contributed by atoms with van der Waals surface area (Å²) in [6, 6.07) is 7.82. The Labute approximate surface area is 140 Å². The fourth-order valence-electron chi connectivity index (χ4n) is 2.33. The first-order valence-electron chi connectivity index (χ1n) is 7.98. The molecule has 128 valence electrons. The third-order valence-electron chi connectivity index (χ3n) is 3.74. The molecule has 0 aliphatic rings. The second kappa shape index (κ2) is 8.24. The van der Waals surface area contributed by atoms with E-state index in [0.717, 1.165) is 24.1 Å². The van der Waals surface area contributed by atoms with E-state index in [9.17, 15) is 9.59 Å². The Kier molecular flexibility index (Phi) is 6.06. The number of hydrogen-bond acceptors (Lipinski definition) is 4. The number of aromatic nitrogens is 3. The first-order valence-corrected chi connectivity index (χ1v) is 7.98. The molecule has 1 aromatic carbocycles. The van der Waals surface area contributed by atoms with E-state index in [1.165, 1.54) is 0 Å². The van der Waals surface area contributed by atoms with Crippen LogP contribution in [-0.2, 0) is 4.79 Å². The number of nitrogens with zero attached hydrogens (tertiary/aromatic N) is 3. The Hall–Kier alpha value is -2.70. The average molecular weight is 330 g/mol. The summed E-state index contributed by atoms with van der Waals surface area (Å²) in [5.41, 5.74) is 3.00. The fraction of sp³-hybridized carbons (Fsp3) is 0.412. The van der Waals surface area contributed by atoms with Gasteiger partial charge < -0.3 is 10.4 Å². The molecule has 0 aliphatic heterocycles. The molecule has 2 aromatic rings. The first kappa shape index (κ1) is 17.7. The van der Waals surface area contributed by atoms with Crippen LogP contribution in [0.15, 0.2) is 24.3 Å². The van der Waals surface area contributed by atoms with Gasteiger partial charge >= 0.3 is 5.97 Å². The number of carboxylic acid groups (broad SMARTS) is 1. The van der Waals surface area contributed by atoms with Gasteiger partial charge in [-0.05, 0) is 38.8 Å². The zero-order valence-corrected chi connectivity index (χ0v) is 14.0. The number of carbonyl (C=O) groups is 2. The van der Waals surface area contributed by atoms with Crippen LogP contribution in [0.5, 0.6) is 0 Å². The van der Waals surface area contributed by atoms with E-state index in [0.29, 0.717) is 24.4 Å². The Morgan fingerprint density at radius 3 is 2.50 bits per heavy atom. The minimum absolute atomic E-state index is 0.165. The minimum atomic E-state index is -0.789. The molecule has 0 radical (unpaired) electrons. The van der Waals surface area contributed by atoms with Gasteiger partial charge in [0.1, 0.15) is 0 Å². The standard InChI is InChI=1S/C17H22N4O3/c1-12-7-9-14(10-8-12)21-13(2)16(19-20-21)17(24)18-11-5-3-4-6-15(22)23/h7-10H,3-6,11H2,1-2H3,(H,18,24)(H,22,23). The van der Waals surface area contributed by atoms with Gasteiger partial charge in [0.25, 0.3) is 5.91 Å². The SMILES string of the molecule is Cc1ccc(-n2nnc(C(=O)NCCCCCC(=O)O)c2C)cc1. The first-order chi connectivity index (χ1) is 11.5. The lowest BCUT2D eigenvalue weighted by molar-refractivity contribution is -0.137. The lowest BCUT2D eigenvalue weighted by atomic mass is 10.2. The molecule has 0 bridgehead atoms. The highest BCUT2D eigenvalue weighted by molar-refractivity contribution is 5.93. The van der Waals surface area contributed by atoms with Crippen molar-refractivity contribution in [1.82, 2.24) is 20.3 Å². The molecule has 7 nitrogen and oxygen atoms in total. The van der Waals surface area contributed by atoms with Crippen LogP contribution in [-0.4, -0.2) is 38.5 Å². The summed E-state index contributed by atoms with van der Waals surface area (Å²) in [6.07, 6.45) is 2.29. The van der Waals surface area contributed by atoms with Crippen molar-refractivity contribution in [3.8, 4) is 5.69 Å². The van der Waals surface area contributed by atoms with Gasteiger partial charge in [-0.25, -0.2) is 4.68 Å². The maximum atomic E-state index is 12.2. The maximum Gasteiger partial charge on any atom is 0.303 e. The highest BCUT2D eigenvalue weighted by Crippen LogP contribution is 2.13. The van der Waals surface area contributed by atoms with Crippen molar-refractivity contribution in [2.24, 2.45) is 0 Å². The zero-order chi connectivity index (χ0) is 17.5. The van der Waals surface area contributed by atoms with E-state index in [4.69, 9.17) is 5.11 Å². The van der Waals surface area contributed by atoms with E-state index in [-0.39, 0.29) is 12.3 Å². The van der Waals surface area contributed by atoms with Crippen LogP contribution in [0, 0.1) is 13.8 Å². The van der Waals surface area contributed by atoms with Crippen LogP contribution in [0.4, 0.5) is 0 Å². The highest BCUT2D eigenvalue weighted by Gasteiger charge is 2.16. The van der Waals surface area contributed by atoms with Gasteiger partial charge in [-0.2, -0.15) is 0 Å². The van der Waals surface area contributed by atoms with Crippen LogP contribution in [0.1, 0.15) is 47.4 Å². The summed E-state index contributed by atoms with van der Waals surface area (Å²) in [5.74, 6) is -1.05. The molecule has 2 N–H and O–H groups in total. The molecule has 1 amide bonds. The van der Waals surface area contributed by atoms with Crippen LogP contribution in [0.2, 0.25) is 0 Å². The summed E-state index contributed by atoms with van der Waals surface area (Å²) < 4.78 is 1.64. The summed E-state index contributed by atoms with van der Waals surface area (Å²) >= 11 is 0. The summed E-state index contributed by atoms with van der Waals surface area (Å²) in [4.78, 5) is 22.6. The van der Waals surface area contributed by atoms with Gasteiger partial charge in [0, 0.05) is 13.0 Å². The van der Waals surface area contributed by atoms with Gasteiger partial charge in [0.05, 0.1) is 11.4 Å². The molecule has 0 atom stereocenters. The summed E-state index contributed by atoms with van der Waals surface area (Å²) in [7, 11) is 0. The highest BCUT2D eigenvalue weighted by atomic mass is 16.4. The molecule has 1 heterocycles. The number of rotatable bonds is 8. The number of aryl methyl sites for hydroxylation is 1. The molecule has 1 aromatic heterocycles. The van der Waals surface area contributed by atoms with Crippen molar-refractivity contribution in [2.45, 2.75) is 39.5 Å². The second-order valence-electron chi connectivity index (χ2n) is 5.73. The van der Waals surface area contributed by atoms with E-state index < -0.39 is 5.97 Å². The Bertz CT molecular complexity index is 707. The number of nitrogens with one attached hydrogen (secondary N) is 1. The van der Waals surface area contributed by atoms with Crippen molar-refractivity contribution >= 4 is 11.9 Å². The molecule has 0 saturated heterocycles. The number of aliphatic carboxylic acids is 1. The van der Waals surface area contributed by atoms with Gasteiger partial charge in [0.15, 0.2) is 5.69 Å². The molecule has 0 unspecified atom stereocenters. The number of unbranched alkanes of at least 4 members (excludes halogenated alkanes) is 2. The summed E-state index contributed by atoms with van der Waals surface area (Å²) in [5, 5.41) is 19.4. The van der Waals surface area contributed by atoms with E-state index in [2.05, 4.69) is 15.6 Å². The van der Waals surface area contributed by atoms with Gasteiger partial charge in [-0.3, -0.25) is 9.59 Å². The Balaban J connectivity index is 1.89. The number of amides is 1. The molecule has 2 rings (SSSR count). The second-order valence-corrected chi connectivity index (χ2v) is 5.73. The molecule has 0 fully saturated rings. The molecule has 0 saturated carbocycles. The third kappa shape index (κ3) is 4.65. The normalized spacial score (nSPS) is 10.6. The lowest BCUT2D eigenvalue weighted by Gasteiger charge is -2.05. The molecule has 24 heavy (non-hydrogen) atoms. The quantitative estimate of drug-likeness (QED) is 0.724. The van der Waals surface area contributed by atoms with Crippen molar-refractivity contribution in [2.75, 3.05) is 6.54 Å². The Morgan fingerprint density at radius 1 is 1.12 bits per heavy atom. The predicted octanol–water partition coefficient (Wildman–Crippen LogP) is 2.26. The van der Waals surface area contributed by atoms with Gasteiger partial charge in [-0.1, -0.05) is 29.3 Å². The molecule has 0 aliphatic carbocycles. The number of benzene rings is 1. The monoisotopic (exact) mass is 330 g/mol. The molecular weight excluding hydrogens is 308 g/mol. The summed E-state index contributed by atoms with van der Waals surface area (Å²) in [6.45, 7) is 4.31. The number of carbonyl (C=O) groups excluding carboxylic acids is 1. The maximum absolute atomic E-state index is 12.2. The fourth-order valence-corrected chi connectivity index (χ4v) is 2.33. The Morgan fingerprint density at radius 2 is 1.83 bits per heavy atom. The van der Waals surface area contributed by atoms with Crippen LogP contribution >= 0.6 is 0 Å². The molecular formula is C17H22N4O3. The van der Waals surface area contributed by atoms with E-state index >= 15 is 0 Å². The zero-order valence-electron chi connectivity index (χ0n) is 14.0. The van der Waals surface area contributed by atoms with Crippen LogP contribution < -0.4 is 5.32 Å². The number of carboxylic acids is 1. The van der Waals surface area contributed by atoms with Crippen molar-refractivity contribution in [3.63, 3.8) is 0 Å². The molecule has 7 heteroatoms. The lowest BCUT2D eigenvalue weighted by Crippen LogP contribution is -2.25. The number of hydrogen-bond donors (Lipinski definition) is 2. The van der Waals surface area contributed by atoms with Crippen LogP contribution in [0.3, 0.4) is 0 Å². The molecule has 0 spiro atoms. The minimum Gasteiger partial charge on any atom is -0.481 e. The third-order valence-corrected chi connectivity index (χ3v) is 3.74. The predicted molar refractivity (Wildman–Crippen MR) is 89.3 cm³/mol. The smallest absolute Gasteiger partial charge is 0.303 e.